The Morgan fingerprint density at radius 3 is 1.83 bits per heavy atom. The van der Waals surface area contributed by atoms with E-state index in [0.29, 0.717) is 0 Å². The summed E-state index contributed by atoms with van der Waals surface area (Å²) in [5.41, 5.74) is 6.69. The molecule has 0 aliphatic carbocycles. The number of hydrogen-bond acceptors (Lipinski definition) is 2. The number of nitrogens with two attached hydrogens (primary N) is 1. The third-order valence-corrected chi connectivity index (χ3v) is 1.51. The van der Waals surface area contributed by atoms with E-state index in [-0.39, 0.29) is 6.04 Å². The summed E-state index contributed by atoms with van der Waals surface area (Å²) in [5.74, 6) is 0. The van der Waals surface area contributed by atoms with Gasteiger partial charge >= 0.3 is 0 Å². The van der Waals surface area contributed by atoms with Crippen LogP contribution in [0.4, 0.5) is 0 Å². The Morgan fingerprint density at radius 1 is 1.17 bits per heavy atom. The lowest BCUT2D eigenvalue weighted by molar-refractivity contribution is 0.678. The van der Waals surface area contributed by atoms with Gasteiger partial charge in [-0.3, -0.25) is 0 Å². The quantitative estimate of drug-likeness (QED) is 0.667. The van der Waals surface area contributed by atoms with Gasteiger partial charge in [-0.15, -0.1) is 6.58 Å². The smallest absolute Gasteiger partial charge is 0.0224 e. The average Bonchev–Trinajstić information content (AvgIpc) is 2.42. The zero-order valence-corrected chi connectivity index (χ0v) is 14.0. The molecule has 0 aliphatic rings. The molecule has 0 aromatic carbocycles. The number of allylic oxidation sites excluding steroid dienone is 1. The first-order chi connectivity index (χ1) is 8.62. The van der Waals surface area contributed by atoms with E-state index >= 15 is 0 Å². The van der Waals surface area contributed by atoms with Crippen molar-refractivity contribution >= 4 is 0 Å². The summed E-state index contributed by atoms with van der Waals surface area (Å²) < 4.78 is 0. The van der Waals surface area contributed by atoms with Crippen LogP contribution in [0.15, 0.2) is 24.9 Å². The Balaban J connectivity index is -0.000000118. The van der Waals surface area contributed by atoms with Crippen molar-refractivity contribution in [2.45, 2.75) is 73.8 Å². The van der Waals surface area contributed by atoms with Crippen LogP contribution in [0.5, 0.6) is 0 Å². The third-order valence-electron chi connectivity index (χ3n) is 1.51. The summed E-state index contributed by atoms with van der Waals surface area (Å²) in [6.07, 6.45) is 4.87. The fourth-order valence-corrected chi connectivity index (χ4v) is 0.797. The van der Waals surface area contributed by atoms with Crippen molar-refractivity contribution in [3.05, 3.63) is 24.9 Å². The van der Waals surface area contributed by atoms with Gasteiger partial charge in [-0.2, -0.15) is 0 Å². The first-order valence-corrected chi connectivity index (χ1v) is 7.42. The van der Waals surface area contributed by atoms with Gasteiger partial charge in [-0.25, -0.2) is 0 Å². The Labute approximate surface area is 117 Å². The molecule has 1 unspecified atom stereocenters. The molecule has 3 N–H and O–H groups in total. The van der Waals surface area contributed by atoms with Gasteiger partial charge in [0.15, 0.2) is 0 Å². The largest absolute Gasteiger partial charge is 0.389 e. The van der Waals surface area contributed by atoms with Crippen molar-refractivity contribution in [2.24, 2.45) is 5.73 Å². The van der Waals surface area contributed by atoms with Crippen molar-refractivity contribution in [1.29, 1.82) is 0 Å². The second-order valence-corrected chi connectivity index (χ2v) is 3.28. The molecule has 0 spiro atoms. The zero-order chi connectivity index (χ0) is 15.4. The Bertz CT molecular complexity index is 142. The van der Waals surface area contributed by atoms with Gasteiger partial charge in [0, 0.05) is 18.3 Å². The molecule has 0 heterocycles. The molecule has 1 atom stereocenters. The molecular weight excluding hydrogens is 220 g/mol. The van der Waals surface area contributed by atoms with Gasteiger partial charge in [-0.1, -0.05) is 60.6 Å². The summed E-state index contributed by atoms with van der Waals surface area (Å²) in [6, 6.07) is 0.102. The highest BCUT2D eigenvalue weighted by Crippen LogP contribution is 2.01. The van der Waals surface area contributed by atoms with E-state index in [9.17, 15) is 0 Å². The molecule has 0 saturated carbocycles. The highest BCUT2D eigenvalue weighted by molar-refractivity contribution is 4.93. The monoisotopic (exact) mass is 258 g/mol. The van der Waals surface area contributed by atoms with E-state index in [1.165, 1.54) is 6.42 Å². The van der Waals surface area contributed by atoms with Crippen LogP contribution in [0, 0.1) is 0 Å². The molecule has 0 aromatic rings. The highest BCUT2D eigenvalue weighted by atomic mass is 14.9. The maximum atomic E-state index is 5.63. The van der Waals surface area contributed by atoms with Crippen LogP contribution in [0.25, 0.3) is 0 Å². The van der Waals surface area contributed by atoms with Crippen LogP contribution >= 0.6 is 0 Å². The standard InChI is InChI=1S/C9H18N2.C3H8.2C2H6/c1-4-9(10)7-6-8(3)11-5-2;1-3-2;2*1-2/h4,9,11H,1,3,5-7,10H2,2H3;3H2,1-2H3;2*1-2H3. The molecule has 18 heavy (non-hydrogen) atoms. The molecular formula is C16H38N2. The van der Waals surface area contributed by atoms with Gasteiger partial charge in [0.25, 0.3) is 0 Å². The molecule has 0 rings (SSSR count). The van der Waals surface area contributed by atoms with Crippen molar-refractivity contribution in [1.82, 2.24) is 5.32 Å². The average molecular weight is 258 g/mol. The number of rotatable bonds is 6. The summed E-state index contributed by atoms with van der Waals surface area (Å²) in [5, 5.41) is 3.14. The predicted octanol–water partition coefficient (Wildman–Crippen LogP) is 4.87. The van der Waals surface area contributed by atoms with Crippen molar-refractivity contribution in [3.63, 3.8) is 0 Å². The fourth-order valence-electron chi connectivity index (χ4n) is 0.797. The van der Waals surface area contributed by atoms with Crippen LogP contribution in [0.1, 0.15) is 67.7 Å². The lowest BCUT2D eigenvalue weighted by atomic mass is 10.1. The lowest BCUT2D eigenvalue weighted by Crippen LogP contribution is -2.18. The van der Waals surface area contributed by atoms with Crippen molar-refractivity contribution < 1.29 is 0 Å². The molecule has 0 bridgehead atoms. The van der Waals surface area contributed by atoms with Gasteiger partial charge in [-0.05, 0) is 19.8 Å². The molecule has 0 fully saturated rings. The van der Waals surface area contributed by atoms with Gasteiger partial charge in [0.1, 0.15) is 0 Å². The topological polar surface area (TPSA) is 38.0 Å². The summed E-state index contributed by atoms with van der Waals surface area (Å²) in [7, 11) is 0. The van der Waals surface area contributed by atoms with Crippen LogP contribution in [0.3, 0.4) is 0 Å². The van der Waals surface area contributed by atoms with Crippen LogP contribution in [-0.2, 0) is 0 Å². The number of hydrogen-bond donors (Lipinski definition) is 2. The van der Waals surface area contributed by atoms with Gasteiger partial charge < -0.3 is 11.1 Å². The van der Waals surface area contributed by atoms with Crippen LogP contribution < -0.4 is 11.1 Å². The normalized spacial score (nSPS) is 9.11. The van der Waals surface area contributed by atoms with Gasteiger partial charge in [0.2, 0.25) is 0 Å². The Hall–Kier alpha value is -0.760. The van der Waals surface area contributed by atoms with E-state index < -0.39 is 0 Å². The molecule has 0 saturated heterocycles. The molecule has 2 heteroatoms. The minimum atomic E-state index is 0.102. The molecule has 0 aromatic heterocycles. The first-order valence-electron chi connectivity index (χ1n) is 7.42. The summed E-state index contributed by atoms with van der Waals surface area (Å²) in [4.78, 5) is 0. The maximum Gasteiger partial charge on any atom is 0.0224 e. The van der Waals surface area contributed by atoms with E-state index in [4.69, 9.17) is 5.73 Å². The first kappa shape index (κ1) is 25.9. The zero-order valence-electron chi connectivity index (χ0n) is 14.0. The maximum absolute atomic E-state index is 5.63. The summed E-state index contributed by atoms with van der Waals surface area (Å²) in [6.45, 7) is 22.7. The van der Waals surface area contributed by atoms with Crippen LogP contribution in [0.2, 0.25) is 0 Å². The third kappa shape index (κ3) is 36.2. The van der Waals surface area contributed by atoms with E-state index in [1.807, 2.05) is 27.7 Å². The minimum Gasteiger partial charge on any atom is -0.389 e. The van der Waals surface area contributed by atoms with Crippen molar-refractivity contribution in [2.75, 3.05) is 6.54 Å². The van der Waals surface area contributed by atoms with E-state index in [0.717, 1.165) is 25.1 Å². The molecule has 112 valence electrons. The molecule has 2 nitrogen and oxygen atoms in total. The predicted molar refractivity (Wildman–Crippen MR) is 88.9 cm³/mol. The van der Waals surface area contributed by atoms with E-state index in [2.05, 4.69) is 39.2 Å². The highest BCUT2D eigenvalue weighted by Gasteiger charge is 1.97. The van der Waals surface area contributed by atoms with E-state index in [1.54, 1.807) is 6.08 Å². The lowest BCUT2D eigenvalue weighted by Gasteiger charge is -2.08. The Morgan fingerprint density at radius 2 is 1.56 bits per heavy atom. The van der Waals surface area contributed by atoms with Crippen molar-refractivity contribution in [3.8, 4) is 0 Å². The molecule has 0 aliphatic heterocycles. The fraction of sp³-hybridized carbons (Fsp3) is 0.750. The Kier molecular flexibility index (Phi) is 43.0. The minimum absolute atomic E-state index is 0.102. The summed E-state index contributed by atoms with van der Waals surface area (Å²) >= 11 is 0. The SMILES string of the molecule is C=CC(N)CCC(=C)NCC.CC.CC.CCC. The van der Waals surface area contributed by atoms with Crippen LogP contribution in [-0.4, -0.2) is 12.6 Å². The second kappa shape index (κ2) is 29.9. The van der Waals surface area contributed by atoms with Gasteiger partial charge in [0.05, 0.1) is 0 Å². The second-order valence-electron chi connectivity index (χ2n) is 3.28. The molecule has 0 radical (unpaired) electrons. The molecule has 0 amide bonds. The number of nitrogens with one attached hydrogen (secondary N) is 1.